The molecule has 1 aliphatic carbocycles. The van der Waals surface area contributed by atoms with E-state index in [2.05, 4.69) is 10.2 Å². The van der Waals surface area contributed by atoms with Gasteiger partial charge in [0, 0.05) is 16.8 Å². The van der Waals surface area contributed by atoms with Gasteiger partial charge in [0.25, 0.3) is 0 Å². The number of rotatable bonds is 2. The number of nitrogens with one attached hydrogen (secondary N) is 1. The van der Waals surface area contributed by atoms with Gasteiger partial charge in [0.05, 0.1) is 11.3 Å². The van der Waals surface area contributed by atoms with Gasteiger partial charge in [-0.25, -0.2) is 4.79 Å². The number of benzene rings is 1. The van der Waals surface area contributed by atoms with E-state index < -0.39 is 5.97 Å². The molecule has 1 heterocycles. The Morgan fingerprint density at radius 1 is 1.28 bits per heavy atom. The van der Waals surface area contributed by atoms with Crippen LogP contribution in [0.15, 0.2) is 24.3 Å². The first-order chi connectivity index (χ1) is 8.75. The fourth-order valence-corrected chi connectivity index (χ4v) is 2.52. The second-order valence-corrected chi connectivity index (χ2v) is 4.62. The SMILES string of the molecule is O=C(O)c1cccc(-c2n[nH]c3c2CCCC3)c1. The minimum atomic E-state index is -0.902. The summed E-state index contributed by atoms with van der Waals surface area (Å²) in [5.74, 6) is -0.902. The van der Waals surface area contributed by atoms with Gasteiger partial charge < -0.3 is 5.11 Å². The molecule has 0 saturated carbocycles. The number of carboxylic acids is 1. The van der Waals surface area contributed by atoms with Gasteiger partial charge in [0.2, 0.25) is 0 Å². The Morgan fingerprint density at radius 2 is 2.11 bits per heavy atom. The second kappa shape index (κ2) is 4.29. The van der Waals surface area contributed by atoms with Crippen molar-refractivity contribution >= 4 is 5.97 Å². The molecule has 92 valence electrons. The van der Waals surface area contributed by atoms with E-state index in [1.807, 2.05) is 6.07 Å². The molecule has 0 atom stereocenters. The monoisotopic (exact) mass is 242 g/mol. The van der Waals surface area contributed by atoms with E-state index in [1.165, 1.54) is 24.1 Å². The lowest BCUT2D eigenvalue weighted by Gasteiger charge is -2.11. The number of hydrogen-bond acceptors (Lipinski definition) is 2. The Kier molecular flexibility index (Phi) is 2.63. The molecule has 4 nitrogen and oxygen atoms in total. The average Bonchev–Trinajstić information content (AvgIpc) is 2.82. The molecule has 0 amide bonds. The number of carbonyl (C=O) groups is 1. The molecule has 18 heavy (non-hydrogen) atoms. The van der Waals surface area contributed by atoms with Crippen LogP contribution in [0.1, 0.15) is 34.5 Å². The van der Waals surface area contributed by atoms with Crippen LogP contribution in [0.2, 0.25) is 0 Å². The predicted octanol–water partition coefficient (Wildman–Crippen LogP) is 2.65. The zero-order valence-corrected chi connectivity index (χ0v) is 9.94. The number of aromatic amines is 1. The second-order valence-electron chi connectivity index (χ2n) is 4.62. The summed E-state index contributed by atoms with van der Waals surface area (Å²) in [6.07, 6.45) is 4.45. The molecule has 0 saturated heterocycles. The van der Waals surface area contributed by atoms with Crippen LogP contribution >= 0.6 is 0 Å². The van der Waals surface area contributed by atoms with Crippen molar-refractivity contribution in [1.29, 1.82) is 0 Å². The van der Waals surface area contributed by atoms with Crippen LogP contribution in [0.5, 0.6) is 0 Å². The molecule has 1 aromatic carbocycles. The Balaban J connectivity index is 2.07. The quantitative estimate of drug-likeness (QED) is 0.850. The molecule has 0 radical (unpaired) electrons. The fourth-order valence-electron chi connectivity index (χ4n) is 2.52. The van der Waals surface area contributed by atoms with Gasteiger partial charge in [-0.1, -0.05) is 12.1 Å². The molecule has 1 aliphatic rings. The normalized spacial score (nSPS) is 14.2. The van der Waals surface area contributed by atoms with E-state index in [0.717, 1.165) is 24.1 Å². The van der Waals surface area contributed by atoms with Gasteiger partial charge in [-0.3, -0.25) is 5.10 Å². The van der Waals surface area contributed by atoms with E-state index in [1.54, 1.807) is 18.2 Å². The maximum Gasteiger partial charge on any atom is 0.335 e. The maximum atomic E-state index is 11.0. The van der Waals surface area contributed by atoms with Crippen LogP contribution in [0.3, 0.4) is 0 Å². The number of aromatic nitrogens is 2. The predicted molar refractivity (Wildman–Crippen MR) is 67.6 cm³/mol. The van der Waals surface area contributed by atoms with Crippen LogP contribution in [0.25, 0.3) is 11.3 Å². The van der Waals surface area contributed by atoms with Gasteiger partial charge >= 0.3 is 5.97 Å². The van der Waals surface area contributed by atoms with Crippen molar-refractivity contribution in [3.8, 4) is 11.3 Å². The highest BCUT2D eigenvalue weighted by Crippen LogP contribution is 2.29. The molecule has 0 bridgehead atoms. The highest BCUT2D eigenvalue weighted by atomic mass is 16.4. The number of fused-ring (bicyclic) bond motifs is 1. The van der Waals surface area contributed by atoms with E-state index in [0.29, 0.717) is 5.56 Å². The molecule has 4 heteroatoms. The smallest absolute Gasteiger partial charge is 0.335 e. The summed E-state index contributed by atoms with van der Waals surface area (Å²) in [7, 11) is 0. The van der Waals surface area contributed by atoms with Crippen LogP contribution in [0, 0.1) is 0 Å². The summed E-state index contributed by atoms with van der Waals surface area (Å²) in [5, 5.41) is 16.4. The lowest BCUT2D eigenvalue weighted by molar-refractivity contribution is 0.0697. The molecule has 0 fully saturated rings. The minimum Gasteiger partial charge on any atom is -0.478 e. The third-order valence-electron chi connectivity index (χ3n) is 3.44. The number of aromatic carboxylic acids is 1. The fraction of sp³-hybridized carbons (Fsp3) is 0.286. The Morgan fingerprint density at radius 3 is 2.94 bits per heavy atom. The first kappa shape index (κ1) is 11.0. The summed E-state index contributed by atoms with van der Waals surface area (Å²) in [4.78, 5) is 11.0. The van der Waals surface area contributed by atoms with Crippen molar-refractivity contribution in [3.63, 3.8) is 0 Å². The average molecular weight is 242 g/mol. The van der Waals surface area contributed by atoms with Gasteiger partial charge in [-0.15, -0.1) is 0 Å². The van der Waals surface area contributed by atoms with E-state index >= 15 is 0 Å². The van der Waals surface area contributed by atoms with Crippen LogP contribution in [-0.2, 0) is 12.8 Å². The number of aryl methyl sites for hydroxylation is 1. The van der Waals surface area contributed by atoms with E-state index in [-0.39, 0.29) is 0 Å². The van der Waals surface area contributed by atoms with Crippen LogP contribution in [0.4, 0.5) is 0 Å². The Hall–Kier alpha value is -2.10. The summed E-state index contributed by atoms with van der Waals surface area (Å²) < 4.78 is 0. The van der Waals surface area contributed by atoms with Gasteiger partial charge in [0.1, 0.15) is 0 Å². The van der Waals surface area contributed by atoms with Crippen molar-refractivity contribution < 1.29 is 9.90 Å². The van der Waals surface area contributed by atoms with Gasteiger partial charge in [-0.05, 0) is 37.8 Å². The lowest BCUT2D eigenvalue weighted by atomic mass is 9.93. The third-order valence-corrected chi connectivity index (χ3v) is 3.44. The molecular formula is C14H14N2O2. The summed E-state index contributed by atoms with van der Waals surface area (Å²) in [5.41, 5.74) is 4.56. The summed E-state index contributed by atoms with van der Waals surface area (Å²) >= 11 is 0. The molecule has 2 N–H and O–H groups in total. The topological polar surface area (TPSA) is 66.0 Å². The Labute approximate surface area is 105 Å². The highest BCUT2D eigenvalue weighted by Gasteiger charge is 2.18. The maximum absolute atomic E-state index is 11.0. The minimum absolute atomic E-state index is 0.306. The van der Waals surface area contributed by atoms with Gasteiger partial charge in [-0.2, -0.15) is 5.10 Å². The van der Waals surface area contributed by atoms with Crippen molar-refractivity contribution in [3.05, 3.63) is 41.1 Å². The highest BCUT2D eigenvalue weighted by molar-refractivity contribution is 5.89. The molecular weight excluding hydrogens is 228 g/mol. The van der Waals surface area contributed by atoms with Crippen molar-refractivity contribution in [2.24, 2.45) is 0 Å². The molecule has 2 aromatic rings. The summed E-state index contributed by atoms with van der Waals surface area (Å²) in [6, 6.07) is 6.97. The van der Waals surface area contributed by atoms with E-state index in [4.69, 9.17) is 5.11 Å². The molecule has 1 aromatic heterocycles. The molecule has 3 rings (SSSR count). The zero-order valence-electron chi connectivity index (χ0n) is 9.94. The first-order valence-electron chi connectivity index (χ1n) is 6.15. The standard InChI is InChI=1S/C14H14N2O2/c17-14(18)10-5-3-4-9(8-10)13-11-6-1-2-7-12(11)15-16-13/h3-5,8H,1-2,6-7H2,(H,15,16)(H,17,18). The first-order valence-corrected chi connectivity index (χ1v) is 6.15. The van der Waals surface area contributed by atoms with Crippen molar-refractivity contribution in [2.75, 3.05) is 0 Å². The van der Waals surface area contributed by atoms with Crippen molar-refractivity contribution in [2.45, 2.75) is 25.7 Å². The number of carboxylic acid groups (broad SMARTS) is 1. The molecule has 0 aliphatic heterocycles. The van der Waals surface area contributed by atoms with E-state index in [9.17, 15) is 4.79 Å². The van der Waals surface area contributed by atoms with Gasteiger partial charge in [0.15, 0.2) is 0 Å². The summed E-state index contributed by atoms with van der Waals surface area (Å²) in [6.45, 7) is 0. The zero-order chi connectivity index (χ0) is 12.5. The Bertz CT molecular complexity index is 602. The largest absolute Gasteiger partial charge is 0.478 e. The molecule has 0 unspecified atom stereocenters. The number of H-pyrrole nitrogens is 1. The van der Waals surface area contributed by atoms with Crippen molar-refractivity contribution in [1.82, 2.24) is 10.2 Å². The number of hydrogen-bond donors (Lipinski definition) is 2. The molecule has 0 spiro atoms. The third kappa shape index (κ3) is 1.79. The van der Waals surface area contributed by atoms with Crippen LogP contribution in [-0.4, -0.2) is 21.3 Å². The number of nitrogens with zero attached hydrogens (tertiary/aromatic N) is 1. The van der Waals surface area contributed by atoms with Crippen LogP contribution < -0.4 is 0 Å². The lowest BCUT2D eigenvalue weighted by Crippen LogP contribution is -2.01.